The number of anilines is 1. The Morgan fingerprint density at radius 3 is 2.55 bits per heavy atom. The van der Waals surface area contributed by atoms with Crippen LogP contribution in [0.4, 0.5) is 10.1 Å². The summed E-state index contributed by atoms with van der Waals surface area (Å²) < 4.78 is 13.9. The Labute approximate surface area is 170 Å². The van der Waals surface area contributed by atoms with Crippen molar-refractivity contribution in [3.8, 4) is 0 Å². The Morgan fingerprint density at radius 2 is 1.79 bits per heavy atom. The van der Waals surface area contributed by atoms with Gasteiger partial charge in [0.2, 0.25) is 0 Å². The number of piperazine rings is 1. The molecule has 3 N–H and O–H groups in total. The quantitative estimate of drug-likeness (QED) is 0.827. The molecule has 0 radical (unpaired) electrons. The van der Waals surface area contributed by atoms with Gasteiger partial charge in [-0.15, -0.1) is 0 Å². The molecule has 1 fully saturated rings. The van der Waals surface area contributed by atoms with Crippen LogP contribution in [0, 0.1) is 5.82 Å². The van der Waals surface area contributed by atoms with E-state index in [1.54, 1.807) is 6.07 Å². The molecule has 2 heterocycles. The Bertz CT molecular complexity index is 987. The first-order chi connectivity index (χ1) is 14.1. The number of hydrogen-bond acceptors (Lipinski definition) is 5. The van der Waals surface area contributed by atoms with Crippen molar-refractivity contribution >= 4 is 17.3 Å². The molecule has 6 heteroatoms. The van der Waals surface area contributed by atoms with Gasteiger partial charge in [0.1, 0.15) is 11.9 Å². The van der Waals surface area contributed by atoms with E-state index in [0.717, 1.165) is 61.4 Å². The Balaban J connectivity index is 1.46. The number of rotatable bonds is 2. The van der Waals surface area contributed by atoms with Crippen molar-refractivity contribution in [3.05, 3.63) is 70.5 Å². The highest BCUT2D eigenvalue weighted by Crippen LogP contribution is 2.41. The van der Waals surface area contributed by atoms with Crippen LogP contribution in [-0.4, -0.2) is 44.1 Å². The molecule has 0 saturated carbocycles. The SMILES string of the molecule is CN1CCN(c2ccc(C3N=C(N)NC4=C3CCc3ccc(F)cc34)cc2)CC1. The lowest BCUT2D eigenvalue weighted by Crippen LogP contribution is -2.44. The number of nitrogens with one attached hydrogen (secondary N) is 1. The maximum atomic E-state index is 13.9. The minimum absolute atomic E-state index is 0.121. The number of hydrogen-bond donors (Lipinski definition) is 2. The van der Waals surface area contributed by atoms with E-state index < -0.39 is 0 Å². The third kappa shape index (κ3) is 3.38. The summed E-state index contributed by atoms with van der Waals surface area (Å²) in [6.45, 7) is 4.27. The fourth-order valence-corrected chi connectivity index (χ4v) is 4.57. The average Bonchev–Trinajstić information content (AvgIpc) is 2.74. The van der Waals surface area contributed by atoms with E-state index in [2.05, 4.69) is 46.4 Å². The molecule has 0 amide bonds. The van der Waals surface area contributed by atoms with Crippen molar-refractivity contribution < 1.29 is 4.39 Å². The number of nitrogens with zero attached hydrogens (tertiary/aromatic N) is 3. The summed E-state index contributed by atoms with van der Waals surface area (Å²) in [6.07, 6.45) is 1.78. The van der Waals surface area contributed by atoms with E-state index in [4.69, 9.17) is 10.7 Å². The highest BCUT2D eigenvalue weighted by Gasteiger charge is 2.30. The molecular weight excluding hydrogens is 365 g/mol. The van der Waals surface area contributed by atoms with Gasteiger partial charge < -0.3 is 20.9 Å². The van der Waals surface area contributed by atoms with Crippen molar-refractivity contribution in [1.29, 1.82) is 0 Å². The van der Waals surface area contributed by atoms with Gasteiger partial charge in [-0.1, -0.05) is 18.2 Å². The van der Waals surface area contributed by atoms with Gasteiger partial charge in [-0.05, 0) is 60.9 Å². The predicted octanol–water partition coefficient (Wildman–Crippen LogP) is 2.89. The van der Waals surface area contributed by atoms with Crippen LogP contribution in [0.15, 0.2) is 53.0 Å². The van der Waals surface area contributed by atoms with Crippen LogP contribution in [-0.2, 0) is 6.42 Å². The summed E-state index contributed by atoms with van der Waals surface area (Å²) in [5.41, 5.74) is 12.7. The summed E-state index contributed by atoms with van der Waals surface area (Å²) in [4.78, 5) is 9.48. The van der Waals surface area contributed by atoms with Gasteiger partial charge in [0.05, 0.1) is 5.70 Å². The van der Waals surface area contributed by atoms with Crippen molar-refractivity contribution in [2.24, 2.45) is 10.7 Å². The monoisotopic (exact) mass is 391 g/mol. The predicted molar refractivity (Wildman–Crippen MR) is 115 cm³/mol. The minimum Gasteiger partial charge on any atom is -0.370 e. The lowest BCUT2D eigenvalue weighted by atomic mass is 9.83. The maximum Gasteiger partial charge on any atom is 0.194 e. The standard InChI is InChI=1S/C23H26FN5/c1-28-10-12-29(13-11-28)18-7-3-16(4-8-18)21-19-9-5-15-2-6-17(24)14-20(15)22(19)27-23(25)26-21/h2-4,6-8,14,21H,5,9-13H2,1H3,(H3,25,26,27). The van der Waals surface area contributed by atoms with Gasteiger partial charge in [0.25, 0.3) is 0 Å². The van der Waals surface area contributed by atoms with Crippen LogP contribution in [0.2, 0.25) is 0 Å². The first-order valence-electron chi connectivity index (χ1n) is 10.2. The summed E-state index contributed by atoms with van der Waals surface area (Å²) >= 11 is 0. The van der Waals surface area contributed by atoms with E-state index in [1.165, 1.54) is 17.3 Å². The van der Waals surface area contributed by atoms with E-state index in [1.807, 2.05) is 6.07 Å². The molecule has 1 saturated heterocycles. The summed E-state index contributed by atoms with van der Waals surface area (Å²) in [5.74, 6) is 0.155. The van der Waals surface area contributed by atoms with Gasteiger partial charge in [0, 0.05) is 37.4 Å². The molecule has 0 aromatic heterocycles. The van der Waals surface area contributed by atoms with Gasteiger partial charge in [0.15, 0.2) is 5.96 Å². The van der Waals surface area contributed by atoms with Crippen molar-refractivity contribution in [2.45, 2.75) is 18.9 Å². The van der Waals surface area contributed by atoms with Gasteiger partial charge in [-0.2, -0.15) is 0 Å². The molecule has 3 aliphatic rings. The summed E-state index contributed by atoms with van der Waals surface area (Å²) in [5, 5.41) is 3.20. The van der Waals surface area contributed by atoms with E-state index in [9.17, 15) is 4.39 Å². The Hall–Kier alpha value is -2.86. The van der Waals surface area contributed by atoms with Crippen molar-refractivity contribution in [2.75, 3.05) is 38.1 Å². The van der Waals surface area contributed by atoms with Crippen molar-refractivity contribution in [3.63, 3.8) is 0 Å². The molecule has 2 aliphatic heterocycles. The molecule has 1 atom stereocenters. The second kappa shape index (κ2) is 7.19. The molecule has 1 aliphatic carbocycles. The number of halogens is 1. The zero-order valence-electron chi connectivity index (χ0n) is 16.7. The minimum atomic E-state index is -0.228. The van der Waals surface area contributed by atoms with Gasteiger partial charge in [-0.3, -0.25) is 0 Å². The van der Waals surface area contributed by atoms with E-state index >= 15 is 0 Å². The molecule has 5 nitrogen and oxygen atoms in total. The second-order valence-electron chi connectivity index (χ2n) is 8.13. The Morgan fingerprint density at radius 1 is 1.03 bits per heavy atom. The second-order valence-corrected chi connectivity index (χ2v) is 8.13. The number of likely N-dealkylation sites (N-methyl/N-ethyl adjacent to an activating group) is 1. The molecule has 2 aromatic rings. The Kier molecular flexibility index (Phi) is 4.51. The van der Waals surface area contributed by atoms with Crippen LogP contribution in [0.3, 0.4) is 0 Å². The lowest BCUT2D eigenvalue weighted by Gasteiger charge is -2.34. The van der Waals surface area contributed by atoms with Crippen LogP contribution in [0.1, 0.15) is 29.2 Å². The molecule has 0 spiro atoms. The molecule has 0 bridgehead atoms. The van der Waals surface area contributed by atoms with Crippen LogP contribution in [0.5, 0.6) is 0 Å². The third-order valence-corrected chi connectivity index (χ3v) is 6.25. The smallest absolute Gasteiger partial charge is 0.194 e. The maximum absolute atomic E-state index is 13.9. The third-order valence-electron chi connectivity index (χ3n) is 6.25. The zero-order valence-corrected chi connectivity index (χ0v) is 16.7. The van der Waals surface area contributed by atoms with E-state index in [0.29, 0.717) is 5.96 Å². The highest BCUT2D eigenvalue weighted by molar-refractivity contribution is 5.92. The molecule has 5 rings (SSSR count). The largest absolute Gasteiger partial charge is 0.370 e. The van der Waals surface area contributed by atoms with E-state index in [-0.39, 0.29) is 11.9 Å². The van der Waals surface area contributed by atoms with Crippen LogP contribution in [0.25, 0.3) is 5.70 Å². The number of nitrogens with two attached hydrogens (primary N) is 1. The topological polar surface area (TPSA) is 56.9 Å². The highest BCUT2D eigenvalue weighted by atomic mass is 19.1. The fourth-order valence-electron chi connectivity index (χ4n) is 4.57. The van der Waals surface area contributed by atoms with Gasteiger partial charge in [-0.25, -0.2) is 9.38 Å². The number of aliphatic imine (C=N–C) groups is 1. The number of guanidine groups is 1. The first kappa shape index (κ1) is 18.2. The zero-order chi connectivity index (χ0) is 20.0. The fraction of sp³-hybridized carbons (Fsp3) is 0.348. The number of fused-ring (bicyclic) bond motifs is 2. The molecule has 1 unspecified atom stereocenters. The molecule has 29 heavy (non-hydrogen) atoms. The normalized spacial score (nSPS) is 21.9. The van der Waals surface area contributed by atoms with Crippen LogP contribution >= 0.6 is 0 Å². The molecule has 150 valence electrons. The molecule has 2 aromatic carbocycles. The summed E-state index contributed by atoms with van der Waals surface area (Å²) in [6, 6.07) is 13.6. The summed E-state index contributed by atoms with van der Waals surface area (Å²) in [7, 11) is 2.17. The van der Waals surface area contributed by atoms with Crippen molar-refractivity contribution in [1.82, 2.24) is 10.2 Å². The number of benzene rings is 2. The van der Waals surface area contributed by atoms with Crippen LogP contribution < -0.4 is 16.0 Å². The average molecular weight is 391 g/mol. The molecular formula is C23H26FN5. The first-order valence-corrected chi connectivity index (χ1v) is 10.2. The lowest BCUT2D eigenvalue weighted by molar-refractivity contribution is 0.313. The van der Waals surface area contributed by atoms with Gasteiger partial charge >= 0.3 is 0 Å². The number of aryl methyl sites for hydroxylation is 1.